The van der Waals surface area contributed by atoms with E-state index < -0.39 is 0 Å². The molecule has 0 aliphatic carbocycles. The zero-order chi connectivity index (χ0) is 16.2. The Balaban J connectivity index is 2.80. The van der Waals surface area contributed by atoms with Crippen LogP contribution in [0.2, 0.25) is 0 Å². The Hall–Kier alpha value is -1.31. The van der Waals surface area contributed by atoms with Crippen molar-refractivity contribution in [2.75, 3.05) is 0 Å². The van der Waals surface area contributed by atoms with E-state index >= 15 is 0 Å². The minimum absolute atomic E-state index is 0.0799. The van der Waals surface area contributed by atoms with Gasteiger partial charge in [-0.15, -0.1) is 0 Å². The molecule has 0 saturated heterocycles. The van der Waals surface area contributed by atoms with E-state index in [9.17, 15) is 0 Å². The molecule has 0 radical (unpaired) electrons. The van der Waals surface area contributed by atoms with Crippen LogP contribution in [0.15, 0.2) is 24.5 Å². The number of hydrogen-bond donors (Lipinski definition) is 0. The molecule has 2 heterocycles. The Morgan fingerprint density at radius 1 is 0.857 bits per heavy atom. The average molecular weight is 287 g/mol. The van der Waals surface area contributed by atoms with Crippen LogP contribution in [0.3, 0.4) is 0 Å². The first-order valence-electron chi connectivity index (χ1n) is 7.90. The molecule has 0 amide bonds. The minimum Gasteiger partial charge on any atom is -0.228 e. The topological polar surface area (TPSA) is 8.29 Å². The minimum atomic E-state index is 0.0799. The van der Waals surface area contributed by atoms with Crippen LogP contribution in [0.4, 0.5) is 0 Å². The van der Waals surface area contributed by atoms with Crippen LogP contribution >= 0.6 is 0 Å². The number of rotatable bonds is 0. The Labute approximate surface area is 129 Å². The van der Waals surface area contributed by atoms with E-state index in [1.54, 1.807) is 0 Å². The fraction of sp³-hybridized carbons (Fsp3) is 0.632. The Morgan fingerprint density at radius 2 is 1.43 bits per heavy atom. The Bertz CT molecular complexity index is 656. The number of imidazole rings is 1. The second-order valence-corrected chi connectivity index (χ2v) is 9.20. The van der Waals surface area contributed by atoms with Crippen molar-refractivity contribution in [1.82, 2.24) is 4.40 Å². The number of aromatic nitrogens is 2. The van der Waals surface area contributed by atoms with Crippen LogP contribution in [0.25, 0.3) is 5.52 Å². The van der Waals surface area contributed by atoms with E-state index in [2.05, 4.69) is 95.8 Å². The van der Waals surface area contributed by atoms with Gasteiger partial charge in [0.1, 0.15) is 11.7 Å². The highest BCUT2D eigenvalue weighted by Crippen LogP contribution is 2.27. The zero-order valence-corrected chi connectivity index (χ0v) is 15.2. The molecule has 0 unspecified atom stereocenters. The number of pyridine rings is 1. The maximum Gasteiger partial charge on any atom is 0.267 e. The van der Waals surface area contributed by atoms with Gasteiger partial charge in [-0.3, -0.25) is 0 Å². The molecule has 0 bridgehead atoms. The van der Waals surface area contributed by atoms with Crippen molar-refractivity contribution in [2.24, 2.45) is 0 Å². The molecular formula is C19H31N2+. The predicted octanol–water partition coefficient (Wildman–Crippen LogP) is 4.58. The van der Waals surface area contributed by atoms with E-state index in [0.717, 1.165) is 0 Å². The smallest absolute Gasteiger partial charge is 0.228 e. The lowest BCUT2D eigenvalue weighted by molar-refractivity contribution is -0.761. The molecule has 2 heteroatoms. The maximum atomic E-state index is 2.43. The summed E-state index contributed by atoms with van der Waals surface area (Å²) < 4.78 is 4.77. The lowest BCUT2D eigenvalue weighted by atomic mass is 9.87. The fourth-order valence-corrected chi connectivity index (χ4v) is 2.82. The molecule has 2 aromatic heterocycles. The summed E-state index contributed by atoms with van der Waals surface area (Å²) in [6, 6.07) is 4.59. The van der Waals surface area contributed by atoms with Crippen LogP contribution in [0, 0.1) is 0 Å². The van der Waals surface area contributed by atoms with Crippen LogP contribution in [0.1, 0.15) is 73.7 Å². The van der Waals surface area contributed by atoms with Crippen LogP contribution < -0.4 is 4.57 Å². The highest BCUT2D eigenvalue weighted by molar-refractivity contribution is 5.48. The van der Waals surface area contributed by atoms with E-state index in [1.165, 1.54) is 16.9 Å². The summed E-state index contributed by atoms with van der Waals surface area (Å²) >= 11 is 0. The van der Waals surface area contributed by atoms with Gasteiger partial charge in [0.25, 0.3) is 5.82 Å². The molecule has 116 valence electrons. The summed E-state index contributed by atoms with van der Waals surface area (Å²) in [4.78, 5) is 0. The number of fused-ring (bicyclic) bond motifs is 1. The summed E-state index contributed by atoms with van der Waals surface area (Å²) in [6.07, 6.45) is 4.54. The van der Waals surface area contributed by atoms with Gasteiger partial charge in [-0.1, -0.05) is 20.8 Å². The van der Waals surface area contributed by atoms with Crippen molar-refractivity contribution in [1.29, 1.82) is 0 Å². The van der Waals surface area contributed by atoms with E-state index in [-0.39, 0.29) is 16.4 Å². The third-order valence-electron chi connectivity index (χ3n) is 3.96. The van der Waals surface area contributed by atoms with Gasteiger partial charge in [0.05, 0.1) is 11.6 Å². The van der Waals surface area contributed by atoms with Crippen LogP contribution in [-0.4, -0.2) is 4.40 Å². The SMILES string of the molecule is CC(C)(C)c1ccn2c(C(C)(C)C)[n+](C(C)(C)C)cc2c1. The molecule has 0 aromatic carbocycles. The molecule has 0 aliphatic heterocycles. The second kappa shape index (κ2) is 4.59. The third-order valence-corrected chi connectivity index (χ3v) is 3.96. The van der Waals surface area contributed by atoms with Crippen LogP contribution in [0.5, 0.6) is 0 Å². The largest absolute Gasteiger partial charge is 0.267 e. The molecule has 0 spiro atoms. The van der Waals surface area contributed by atoms with Crippen molar-refractivity contribution in [3.8, 4) is 0 Å². The summed E-state index contributed by atoms with van der Waals surface area (Å²) in [7, 11) is 0. The zero-order valence-electron chi connectivity index (χ0n) is 15.2. The quantitative estimate of drug-likeness (QED) is 0.627. The highest BCUT2D eigenvalue weighted by Gasteiger charge is 2.35. The molecule has 0 N–H and O–H groups in total. The monoisotopic (exact) mass is 287 g/mol. The van der Waals surface area contributed by atoms with E-state index in [0.29, 0.717) is 0 Å². The van der Waals surface area contributed by atoms with Crippen molar-refractivity contribution in [3.63, 3.8) is 0 Å². The van der Waals surface area contributed by atoms with Crippen LogP contribution in [-0.2, 0) is 16.4 Å². The van der Waals surface area contributed by atoms with E-state index in [1.807, 2.05) is 0 Å². The van der Waals surface area contributed by atoms with Crippen molar-refractivity contribution < 1.29 is 4.57 Å². The first-order chi connectivity index (χ1) is 9.32. The van der Waals surface area contributed by atoms with Crippen molar-refractivity contribution in [3.05, 3.63) is 35.9 Å². The van der Waals surface area contributed by atoms with Gasteiger partial charge in [-0.25, -0.2) is 4.57 Å². The summed E-state index contributed by atoms with van der Waals surface area (Å²) in [5.41, 5.74) is 3.02. The number of hydrogen-bond acceptors (Lipinski definition) is 0. The van der Waals surface area contributed by atoms with Gasteiger partial charge in [0, 0.05) is 0 Å². The first-order valence-corrected chi connectivity index (χ1v) is 7.90. The molecule has 0 fully saturated rings. The molecule has 2 aromatic rings. The van der Waals surface area contributed by atoms with E-state index in [4.69, 9.17) is 0 Å². The summed E-state index contributed by atoms with van der Waals surface area (Å²) in [6.45, 7) is 20.5. The first kappa shape index (κ1) is 16.1. The van der Waals surface area contributed by atoms with Gasteiger partial charge in [0.15, 0.2) is 5.52 Å². The van der Waals surface area contributed by atoms with Gasteiger partial charge in [0.2, 0.25) is 0 Å². The Morgan fingerprint density at radius 3 is 1.86 bits per heavy atom. The molecule has 0 aliphatic rings. The lowest BCUT2D eigenvalue weighted by Crippen LogP contribution is -2.54. The molecule has 0 atom stereocenters. The molecule has 21 heavy (non-hydrogen) atoms. The molecule has 0 saturated carbocycles. The van der Waals surface area contributed by atoms with Gasteiger partial charge >= 0.3 is 0 Å². The average Bonchev–Trinajstić information content (AvgIpc) is 2.64. The van der Waals surface area contributed by atoms with Gasteiger partial charge in [-0.2, -0.15) is 4.40 Å². The van der Waals surface area contributed by atoms with Gasteiger partial charge < -0.3 is 0 Å². The predicted molar refractivity (Wildman–Crippen MR) is 90.0 cm³/mol. The van der Waals surface area contributed by atoms with Gasteiger partial charge in [-0.05, 0) is 64.7 Å². The standard InChI is InChI=1S/C19H31N2/c1-17(2,3)14-10-11-20-15(12-14)13-21(19(7,8)9)16(20)18(4,5)6/h10-13H,1-9H3/q+1. The van der Waals surface area contributed by atoms with Crippen molar-refractivity contribution >= 4 is 5.52 Å². The highest BCUT2D eigenvalue weighted by atomic mass is 15.2. The number of nitrogens with zero attached hydrogens (tertiary/aromatic N) is 2. The summed E-state index contributed by atoms with van der Waals surface area (Å²) in [5.74, 6) is 1.35. The molecular weight excluding hydrogens is 256 g/mol. The normalized spacial score (nSPS) is 14.0. The Kier molecular flexibility index (Phi) is 3.51. The maximum absolute atomic E-state index is 2.43. The third kappa shape index (κ3) is 3.00. The fourth-order valence-electron chi connectivity index (χ4n) is 2.82. The molecule has 2 nitrogen and oxygen atoms in total. The second-order valence-electron chi connectivity index (χ2n) is 9.20. The molecule has 2 rings (SSSR count). The summed E-state index contributed by atoms with van der Waals surface area (Å²) in [5, 5.41) is 0. The lowest BCUT2D eigenvalue weighted by Gasteiger charge is -2.22. The van der Waals surface area contributed by atoms with Crippen molar-refractivity contribution in [2.45, 2.75) is 78.7 Å².